The third-order valence-electron chi connectivity index (χ3n) is 3.55. The minimum Gasteiger partial charge on any atom is -0.267 e. The molecule has 0 heterocycles. The van der Waals surface area contributed by atoms with Crippen molar-refractivity contribution in [3.8, 4) is 0 Å². The Hall–Kier alpha value is -3.88. The molecule has 0 radical (unpaired) electrons. The average molecular weight is 367 g/mol. The summed E-state index contributed by atoms with van der Waals surface area (Å²) in [6, 6.07) is 13.7. The third kappa shape index (κ3) is 5.56. The third-order valence-corrected chi connectivity index (χ3v) is 3.55. The summed E-state index contributed by atoms with van der Waals surface area (Å²) in [6.45, 7) is 3.24. The molecular formula is C18H17N5O4. The minimum absolute atomic E-state index is 0.108. The number of nitrogens with zero attached hydrogens (tertiary/aromatic N) is 3. The van der Waals surface area contributed by atoms with E-state index in [0.29, 0.717) is 17.0 Å². The van der Waals surface area contributed by atoms with E-state index >= 15 is 0 Å². The molecule has 0 atom stereocenters. The van der Waals surface area contributed by atoms with Gasteiger partial charge in [-0.15, -0.1) is 0 Å². The Morgan fingerprint density at radius 1 is 0.815 bits per heavy atom. The van der Waals surface area contributed by atoms with E-state index in [1.807, 2.05) is 0 Å². The molecular weight excluding hydrogens is 350 g/mol. The van der Waals surface area contributed by atoms with E-state index in [1.54, 1.807) is 44.2 Å². The summed E-state index contributed by atoms with van der Waals surface area (Å²) < 4.78 is 0. The first kappa shape index (κ1) is 19.4. The van der Waals surface area contributed by atoms with Gasteiger partial charge >= 0.3 is 0 Å². The van der Waals surface area contributed by atoms with Crippen LogP contribution in [-0.2, 0) is 0 Å². The molecule has 0 unspecified atom stereocenters. The predicted octanol–water partition coefficient (Wildman–Crippen LogP) is 2.51. The van der Waals surface area contributed by atoms with E-state index in [-0.39, 0.29) is 17.2 Å². The van der Waals surface area contributed by atoms with Crippen LogP contribution in [0.1, 0.15) is 34.6 Å². The second-order valence-corrected chi connectivity index (χ2v) is 5.45. The number of hydrazone groups is 2. The summed E-state index contributed by atoms with van der Waals surface area (Å²) in [5.41, 5.74) is 6.12. The lowest BCUT2D eigenvalue weighted by Gasteiger charge is -2.04. The van der Waals surface area contributed by atoms with Crippen LogP contribution in [0, 0.1) is 10.1 Å². The van der Waals surface area contributed by atoms with Gasteiger partial charge in [0.2, 0.25) is 0 Å². The molecule has 9 nitrogen and oxygen atoms in total. The molecule has 0 bridgehead atoms. The first-order chi connectivity index (χ1) is 12.9. The lowest BCUT2D eigenvalue weighted by atomic mass is 10.2. The standard InChI is InChI=1S/C18H17N5O4/c1-12(19-21-17(24)14-6-4-3-5-7-14)13(2)20-22-18(25)15-8-10-16(11-9-15)23(26)27/h3-11H,1-2H3,(H,21,24)(H,22,25)/b19-12+,20-13+. The number of non-ortho nitro benzene ring substituents is 1. The molecule has 0 saturated heterocycles. The van der Waals surface area contributed by atoms with E-state index < -0.39 is 10.8 Å². The van der Waals surface area contributed by atoms with Crippen LogP contribution in [-0.4, -0.2) is 28.2 Å². The molecule has 9 heteroatoms. The molecule has 2 aromatic carbocycles. The van der Waals surface area contributed by atoms with Crippen molar-refractivity contribution in [3.63, 3.8) is 0 Å². The fraction of sp³-hybridized carbons (Fsp3) is 0.111. The first-order valence-electron chi connectivity index (χ1n) is 7.87. The molecule has 0 saturated carbocycles. The number of amides is 2. The lowest BCUT2D eigenvalue weighted by molar-refractivity contribution is -0.384. The fourth-order valence-corrected chi connectivity index (χ4v) is 1.88. The summed E-state index contributed by atoms with van der Waals surface area (Å²) >= 11 is 0. The predicted molar refractivity (Wildman–Crippen MR) is 101 cm³/mol. The van der Waals surface area contributed by atoms with Crippen molar-refractivity contribution in [3.05, 3.63) is 75.8 Å². The highest BCUT2D eigenvalue weighted by Gasteiger charge is 2.09. The van der Waals surface area contributed by atoms with Crippen molar-refractivity contribution in [2.24, 2.45) is 10.2 Å². The van der Waals surface area contributed by atoms with E-state index in [2.05, 4.69) is 21.1 Å². The first-order valence-corrected chi connectivity index (χ1v) is 7.87. The Balaban J connectivity index is 1.96. The highest BCUT2D eigenvalue weighted by molar-refractivity contribution is 6.40. The second kappa shape index (κ2) is 8.99. The van der Waals surface area contributed by atoms with E-state index in [0.717, 1.165) is 0 Å². The van der Waals surface area contributed by atoms with Gasteiger partial charge in [0, 0.05) is 23.3 Å². The van der Waals surface area contributed by atoms with Crippen LogP contribution in [0.2, 0.25) is 0 Å². The Labute approximate surface area is 154 Å². The zero-order valence-corrected chi connectivity index (χ0v) is 14.7. The smallest absolute Gasteiger partial charge is 0.267 e. The van der Waals surface area contributed by atoms with Crippen LogP contribution in [0.4, 0.5) is 5.69 Å². The summed E-state index contributed by atoms with van der Waals surface area (Å²) in [4.78, 5) is 34.0. The summed E-state index contributed by atoms with van der Waals surface area (Å²) in [6.07, 6.45) is 0. The normalized spacial score (nSPS) is 11.6. The van der Waals surface area contributed by atoms with Gasteiger partial charge in [-0.3, -0.25) is 19.7 Å². The van der Waals surface area contributed by atoms with Crippen LogP contribution in [0.5, 0.6) is 0 Å². The van der Waals surface area contributed by atoms with Crippen LogP contribution >= 0.6 is 0 Å². The summed E-state index contributed by atoms with van der Waals surface area (Å²) in [7, 11) is 0. The number of hydrogen-bond acceptors (Lipinski definition) is 6. The molecule has 0 fully saturated rings. The topological polar surface area (TPSA) is 126 Å². The van der Waals surface area contributed by atoms with Gasteiger partial charge < -0.3 is 0 Å². The molecule has 27 heavy (non-hydrogen) atoms. The molecule has 2 N–H and O–H groups in total. The SMILES string of the molecule is CC(=N\NC(=O)c1ccccc1)/C(C)=N/NC(=O)c1ccc([N+](=O)[O-])cc1. The lowest BCUT2D eigenvalue weighted by Crippen LogP contribution is -2.24. The monoisotopic (exact) mass is 367 g/mol. The number of nitrogens with one attached hydrogen (secondary N) is 2. The molecule has 2 rings (SSSR count). The van der Waals surface area contributed by atoms with Gasteiger partial charge in [-0.2, -0.15) is 10.2 Å². The van der Waals surface area contributed by atoms with Crippen LogP contribution in [0.15, 0.2) is 64.8 Å². The number of hydrogen-bond donors (Lipinski definition) is 2. The highest BCUT2D eigenvalue weighted by Crippen LogP contribution is 2.11. The Morgan fingerprint density at radius 2 is 1.26 bits per heavy atom. The molecule has 0 aliphatic heterocycles. The number of carbonyl (C=O) groups is 2. The van der Waals surface area contributed by atoms with Crippen molar-refractivity contribution in [2.45, 2.75) is 13.8 Å². The maximum atomic E-state index is 12.0. The quantitative estimate of drug-likeness (QED) is 0.462. The number of carbonyl (C=O) groups excluding carboxylic acids is 2. The van der Waals surface area contributed by atoms with Crippen LogP contribution < -0.4 is 10.9 Å². The number of rotatable bonds is 6. The van der Waals surface area contributed by atoms with Crippen molar-refractivity contribution < 1.29 is 14.5 Å². The van der Waals surface area contributed by atoms with Crippen molar-refractivity contribution in [2.75, 3.05) is 0 Å². The van der Waals surface area contributed by atoms with Gasteiger partial charge in [0.25, 0.3) is 17.5 Å². The fourth-order valence-electron chi connectivity index (χ4n) is 1.88. The molecule has 0 aliphatic rings. The van der Waals surface area contributed by atoms with Gasteiger partial charge in [0.1, 0.15) is 0 Å². The van der Waals surface area contributed by atoms with Gasteiger partial charge in [-0.05, 0) is 38.1 Å². The van der Waals surface area contributed by atoms with Crippen molar-refractivity contribution in [1.82, 2.24) is 10.9 Å². The highest BCUT2D eigenvalue weighted by atomic mass is 16.6. The average Bonchev–Trinajstić information content (AvgIpc) is 2.70. The Bertz CT molecular complexity index is 905. The second-order valence-electron chi connectivity index (χ2n) is 5.45. The minimum atomic E-state index is -0.548. The van der Waals surface area contributed by atoms with Crippen LogP contribution in [0.25, 0.3) is 0 Å². The molecule has 2 aromatic rings. The van der Waals surface area contributed by atoms with Crippen molar-refractivity contribution >= 4 is 28.9 Å². The largest absolute Gasteiger partial charge is 0.271 e. The molecule has 0 aliphatic carbocycles. The molecule has 2 amide bonds. The summed E-state index contributed by atoms with van der Waals surface area (Å²) in [5.74, 6) is -0.886. The summed E-state index contributed by atoms with van der Waals surface area (Å²) in [5, 5.41) is 18.5. The van der Waals surface area contributed by atoms with Crippen molar-refractivity contribution in [1.29, 1.82) is 0 Å². The van der Waals surface area contributed by atoms with Crippen LogP contribution in [0.3, 0.4) is 0 Å². The van der Waals surface area contributed by atoms with Gasteiger partial charge in [-0.25, -0.2) is 10.9 Å². The van der Waals surface area contributed by atoms with Gasteiger partial charge in [0.05, 0.1) is 16.3 Å². The zero-order valence-electron chi connectivity index (χ0n) is 14.7. The van der Waals surface area contributed by atoms with E-state index in [4.69, 9.17) is 0 Å². The molecule has 138 valence electrons. The number of nitro groups is 1. The molecule has 0 spiro atoms. The van der Waals surface area contributed by atoms with Gasteiger partial charge in [-0.1, -0.05) is 18.2 Å². The number of benzene rings is 2. The molecule has 0 aromatic heterocycles. The Morgan fingerprint density at radius 3 is 1.70 bits per heavy atom. The maximum absolute atomic E-state index is 12.0. The van der Waals surface area contributed by atoms with Gasteiger partial charge in [0.15, 0.2) is 0 Å². The number of nitro benzene ring substituents is 1. The zero-order chi connectivity index (χ0) is 19.8. The Kier molecular flexibility index (Phi) is 6.48. The maximum Gasteiger partial charge on any atom is 0.271 e. The van der Waals surface area contributed by atoms with E-state index in [9.17, 15) is 19.7 Å². The van der Waals surface area contributed by atoms with E-state index in [1.165, 1.54) is 24.3 Å².